The summed E-state index contributed by atoms with van der Waals surface area (Å²) in [5.41, 5.74) is 0.706. The van der Waals surface area contributed by atoms with Gasteiger partial charge in [0.05, 0.1) is 19.1 Å². The lowest BCUT2D eigenvalue weighted by molar-refractivity contribution is 0.211. The summed E-state index contributed by atoms with van der Waals surface area (Å²) in [5, 5.41) is 21.6. The monoisotopic (exact) mass is 231 g/mol. The van der Waals surface area contributed by atoms with Gasteiger partial charge in [-0.05, 0) is 12.1 Å². The Bertz CT molecular complexity index is 320. The third-order valence-electron chi connectivity index (χ3n) is 1.90. The molecule has 1 atom stereocenters. The third-order valence-corrected chi connectivity index (χ3v) is 2.26. The van der Waals surface area contributed by atoms with Crippen LogP contribution in [0.4, 0.5) is 5.69 Å². The topological polar surface area (TPSA) is 61.7 Å². The SMILES string of the molecule is COc1ccc(NCC(O)CCl)cc1O. The summed E-state index contributed by atoms with van der Waals surface area (Å²) in [7, 11) is 1.49. The molecule has 5 heteroatoms. The van der Waals surface area contributed by atoms with Crippen LogP contribution in [0, 0.1) is 0 Å². The van der Waals surface area contributed by atoms with Crippen molar-refractivity contribution in [2.45, 2.75) is 6.10 Å². The molecule has 0 amide bonds. The molecule has 0 saturated heterocycles. The fourth-order valence-corrected chi connectivity index (χ4v) is 1.20. The molecule has 0 spiro atoms. The number of phenolic OH excluding ortho intramolecular Hbond substituents is 1. The zero-order valence-electron chi connectivity index (χ0n) is 8.40. The number of rotatable bonds is 5. The van der Waals surface area contributed by atoms with Crippen molar-refractivity contribution in [1.29, 1.82) is 0 Å². The van der Waals surface area contributed by atoms with Crippen molar-refractivity contribution in [3.05, 3.63) is 18.2 Å². The number of halogens is 1. The van der Waals surface area contributed by atoms with E-state index >= 15 is 0 Å². The van der Waals surface area contributed by atoms with Gasteiger partial charge in [-0.2, -0.15) is 0 Å². The number of anilines is 1. The van der Waals surface area contributed by atoms with Crippen LogP contribution in [0.15, 0.2) is 18.2 Å². The Hall–Kier alpha value is -1.13. The summed E-state index contributed by atoms with van der Waals surface area (Å²) in [4.78, 5) is 0. The molecule has 0 fully saturated rings. The predicted molar refractivity (Wildman–Crippen MR) is 59.9 cm³/mol. The lowest BCUT2D eigenvalue weighted by atomic mass is 10.2. The van der Waals surface area contributed by atoms with Crippen molar-refractivity contribution in [3.63, 3.8) is 0 Å². The molecular weight excluding hydrogens is 218 g/mol. The molecule has 0 radical (unpaired) electrons. The average molecular weight is 232 g/mol. The number of phenols is 1. The quantitative estimate of drug-likeness (QED) is 0.671. The van der Waals surface area contributed by atoms with Crippen molar-refractivity contribution < 1.29 is 14.9 Å². The molecule has 1 aromatic carbocycles. The Morgan fingerprint density at radius 1 is 1.53 bits per heavy atom. The molecule has 0 aromatic heterocycles. The Labute approximate surface area is 93.4 Å². The maximum Gasteiger partial charge on any atom is 0.160 e. The van der Waals surface area contributed by atoms with Crippen LogP contribution < -0.4 is 10.1 Å². The molecule has 4 nitrogen and oxygen atoms in total. The standard InChI is InChI=1S/C10H14ClNO3/c1-15-10-3-2-7(4-9(10)14)12-6-8(13)5-11/h2-4,8,12-14H,5-6H2,1H3. The number of aliphatic hydroxyl groups excluding tert-OH is 1. The van der Waals surface area contributed by atoms with Gasteiger partial charge in [-0.15, -0.1) is 11.6 Å². The van der Waals surface area contributed by atoms with E-state index in [0.717, 1.165) is 0 Å². The van der Waals surface area contributed by atoms with Crippen LogP contribution >= 0.6 is 11.6 Å². The van der Waals surface area contributed by atoms with E-state index in [0.29, 0.717) is 18.0 Å². The second-order valence-electron chi connectivity index (χ2n) is 3.08. The Kier molecular flexibility index (Phi) is 4.52. The first-order valence-corrected chi connectivity index (χ1v) is 5.05. The lowest BCUT2D eigenvalue weighted by Gasteiger charge is -2.11. The highest BCUT2D eigenvalue weighted by Gasteiger charge is 2.04. The number of hydrogen-bond acceptors (Lipinski definition) is 4. The van der Waals surface area contributed by atoms with Crippen LogP contribution in [0.1, 0.15) is 0 Å². The summed E-state index contributed by atoms with van der Waals surface area (Å²) in [6, 6.07) is 4.92. The van der Waals surface area contributed by atoms with E-state index in [-0.39, 0.29) is 11.6 Å². The highest BCUT2D eigenvalue weighted by atomic mass is 35.5. The largest absolute Gasteiger partial charge is 0.504 e. The molecule has 15 heavy (non-hydrogen) atoms. The third kappa shape index (κ3) is 3.49. The van der Waals surface area contributed by atoms with E-state index < -0.39 is 6.10 Å². The number of nitrogens with one attached hydrogen (secondary N) is 1. The molecule has 84 valence electrons. The van der Waals surface area contributed by atoms with Gasteiger partial charge < -0.3 is 20.3 Å². The van der Waals surface area contributed by atoms with Crippen molar-refractivity contribution in [2.75, 3.05) is 24.9 Å². The van der Waals surface area contributed by atoms with Gasteiger partial charge in [0.25, 0.3) is 0 Å². The molecule has 1 unspecified atom stereocenters. The van der Waals surface area contributed by atoms with Crippen LogP contribution in [-0.4, -0.2) is 35.9 Å². The van der Waals surface area contributed by atoms with Gasteiger partial charge in [0.15, 0.2) is 11.5 Å². The maximum absolute atomic E-state index is 9.46. The summed E-state index contributed by atoms with van der Waals surface area (Å²) >= 11 is 5.44. The van der Waals surface area contributed by atoms with Crippen LogP contribution in [-0.2, 0) is 0 Å². The molecule has 1 rings (SSSR count). The summed E-state index contributed by atoms with van der Waals surface area (Å²) in [6.07, 6.45) is -0.601. The Balaban J connectivity index is 2.59. The number of benzene rings is 1. The molecule has 0 saturated carbocycles. The number of aromatic hydroxyl groups is 1. The molecule has 0 aliphatic heterocycles. The molecule has 0 aliphatic rings. The lowest BCUT2D eigenvalue weighted by Crippen LogP contribution is -2.20. The molecule has 1 aromatic rings. The van der Waals surface area contributed by atoms with E-state index in [9.17, 15) is 10.2 Å². The summed E-state index contributed by atoms with van der Waals surface area (Å²) in [6.45, 7) is 0.343. The summed E-state index contributed by atoms with van der Waals surface area (Å²) < 4.78 is 4.90. The van der Waals surface area contributed by atoms with E-state index in [4.69, 9.17) is 16.3 Å². The Morgan fingerprint density at radius 3 is 2.80 bits per heavy atom. The van der Waals surface area contributed by atoms with Crippen LogP contribution in [0.3, 0.4) is 0 Å². The molecular formula is C10H14ClNO3. The number of hydrogen-bond donors (Lipinski definition) is 3. The normalized spacial score (nSPS) is 12.2. The zero-order chi connectivity index (χ0) is 11.3. The first-order valence-electron chi connectivity index (χ1n) is 4.52. The van der Waals surface area contributed by atoms with Gasteiger partial charge in [0.2, 0.25) is 0 Å². The van der Waals surface area contributed by atoms with E-state index in [1.807, 2.05) is 0 Å². The molecule has 3 N–H and O–H groups in total. The van der Waals surface area contributed by atoms with Crippen molar-refractivity contribution in [2.24, 2.45) is 0 Å². The van der Waals surface area contributed by atoms with E-state index in [1.165, 1.54) is 13.2 Å². The van der Waals surface area contributed by atoms with E-state index in [1.54, 1.807) is 12.1 Å². The van der Waals surface area contributed by atoms with Gasteiger partial charge in [-0.25, -0.2) is 0 Å². The second kappa shape index (κ2) is 5.68. The molecule has 0 aliphatic carbocycles. The highest BCUT2D eigenvalue weighted by Crippen LogP contribution is 2.28. The smallest absolute Gasteiger partial charge is 0.160 e. The second-order valence-corrected chi connectivity index (χ2v) is 3.38. The van der Waals surface area contributed by atoms with Gasteiger partial charge in [-0.1, -0.05) is 0 Å². The number of aliphatic hydroxyl groups is 1. The fraction of sp³-hybridized carbons (Fsp3) is 0.400. The van der Waals surface area contributed by atoms with E-state index in [2.05, 4.69) is 5.32 Å². The van der Waals surface area contributed by atoms with Gasteiger partial charge in [-0.3, -0.25) is 0 Å². The van der Waals surface area contributed by atoms with Crippen LogP contribution in [0.25, 0.3) is 0 Å². The number of ether oxygens (including phenoxy) is 1. The number of alkyl halides is 1. The minimum Gasteiger partial charge on any atom is -0.504 e. The van der Waals surface area contributed by atoms with Crippen molar-refractivity contribution in [1.82, 2.24) is 0 Å². The van der Waals surface area contributed by atoms with Gasteiger partial charge >= 0.3 is 0 Å². The van der Waals surface area contributed by atoms with Crippen LogP contribution in [0.5, 0.6) is 11.5 Å². The first kappa shape index (κ1) is 11.9. The molecule has 0 heterocycles. The first-order chi connectivity index (χ1) is 7.17. The minimum atomic E-state index is -0.601. The van der Waals surface area contributed by atoms with Crippen LogP contribution in [0.2, 0.25) is 0 Å². The minimum absolute atomic E-state index is 0.0582. The highest BCUT2D eigenvalue weighted by molar-refractivity contribution is 6.18. The van der Waals surface area contributed by atoms with Gasteiger partial charge in [0.1, 0.15) is 0 Å². The zero-order valence-corrected chi connectivity index (χ0v) is 9.16. The maximum atomic E-state index is 9.46. The predicted octanol–water partition coefficient (Wildman–Crippen LogP) is 1.41. The fourth-order valence-electron chi connectivity index (χ4n) is 1.09. The van der Waals surface area contributed by atoms with Crippen molar-refractivity contribution in [3.8, 4) is 11.5 Å². The van der Waals surface area contributed by atoms with Gasteiger partial charge in [0, 0.05) is 18.3 Å². The summed E-state index contributed by atoms with van der Waals surface area (Å²) in [5.74, 6) is 0.649. The molecule has 0 bridgehead atoms. The number of methoxy groups -OCH3 is 1. The van der Waals surface area contributed by atoms with Crippen molar-refractivity contribution >= 4 is 17.3 Å². The average Bonchev–Trinajstić information content (AvgIpc) is 2.26. The Morgan fingerprint density at radius 2 is 2.27 bits per heavy atom.